The topological polar surface area (TPSA) is 51.8 Å². The molecule has 0 radical (unpaired) electrons. The van der Waals surface area contributed by atoms with Crippen LogP contribution in [0.15, 0.2) is 41.3 Å². The molecule has 0 unspecified atom stereocenters. The predicted molar refractivity (Wildman–Crippen MR) is 118 cm³/mol. The molecule has 3 aromatic rings. The van der Waals surface area contributed by atoms with Gasteiger partial charge in [0.1, 0.15) is 0 Å². The van der Waals surface area contributed by atoms with Gasteiger partial charge in [0.2, 0.25) is 5.89 Å². The van der Waals surface area contributed by atoms with Crippen molar-refractivity contribution in [2.75, 3.05) is 0 Å². The molecule has 0 saturated heterocycles. The number of pyridine rings is 1. The second kappa shape index (κ2) is 6.50. The molecule has 0 spiro atoms. The van der Waals surface area contributed by atoms with Crippen LogP contribution in [0.3, 0.4) is 0 Å². The maximum atomic E-state index is 5.13. The van der Waals surface area contributed by atoms with E-state index in [1.165, 1.54) is 48.8 Å². The zero-order valence-corrected chi connectivity index (χ0v) is 18.7. The third-order valence-electron chi connectivity index (χ3n) is 7.54. The first kappa shape index (κ1) is 19.5. The largest absolute Gasteiger partial charge is 0.339 e. The molecule has 4 nitrogen and oxygen atoms in total. The third-order valence-corrected chi connectivity index (χ3v) is 7.54. The van der Waals surface area contributed by atoms with E-state index >= 15 is 0 Å². The number of hydrogen-bond donors (Lipinski definition) is 0. The number of hydrogen-bond acceptors (Lipinski definition) is 4. The second-order valence-corrected chi connectivity index (χ2v) is 10.6. The molecule has 2 aliphatic rings. The molecular formula is C26H31N3O. The van der Waals surface area contributed by atoms with Crippen LogP contribution in [0, 0.1) is 6.92 Å². The molecule has 0 N–H and O–H groups in total. The summed E-state index contributed by atoms with van der Waals surface area (Å²) >= 11 is 0. The molecule has 2 aliphatic carbocycles. The van der Waals surface area contributed by atoms with E-state index in [0.717, 1.165) is 5.56 Å². The smallest absolute Gasteiger partial charge is 0.230 e. The van der Waals surface area contributed by atoms with Crippen molar-refractivity contribution in [3.63, 3.8) is 0 Å². The van der Waals surface area contributed by atoms with E-state index < -0.39 is 0 Å². The van der Waals surface area contributed by atoms with Gasteiger partial charge in [-0.15, -0.1) is 0 Å². The molecule has 2 aromatic heterocycles. The maximum absolute atomic E-state index is 5.13. The average Bonchev–Trinajstić information content (AvgIpc) is 3.35. The fourth-order valence-electron chi connectivity index (χ4n) is 5.29. The van der Waals surface area contributed by atoms with Crippen molar-refractivity contribution in [2.45, 2.75) is 83.0 Å². The average molecular weight is 402 g/mol. The number of nitrogens with zero attached hydrogens (tertiary/aromatic N) is 3. The van der Waals surface area contributed by atoms with Gasteiger partial charge in [-0.3, -0.25) is 4.98 Å². The van der Waals surface area contributed by atoms with Crippen LogP contribution in [0.2, 0.25) is 0 Å². The highest BCUT2D eigenvalue weighted by molar-refractivity contribution is 5.53. The molecule has 0 aliphatic heterocycles. The molecule has 1 saturated carbocycles. The van der Waals surface area contributed by atoms with E-state index in [-0.39, 0.29) is 16.2 Å². The highest BCUT2D eigenvalue weighted by Crippen LogP contribution is 2.56. The SMILES string of the molecule is Cc1cc2c(cc1C1(c3ccc(Cc4ncno4)cn3)CC1)C(C)(C)CCC2(C)C. The molecule has 0 amide bonds. The van der Waals surface area contributed by atoms with Crippen LogP contribution in [0.4, 0.5) is 0 Å². The van der Waals surface area contributed by atoms with Crippen molar-refractivity contribution >= 4 is 0 Å². The molecule has 0 atom stereocenters. The van der Waals surface area contributed by atoms with Crippen molar-refractivity contribution in [1.29, 1.82) is 0 Å². The van der Waals surface area contributed by atoms with Crippen LogP contribution in [-0.4, -0.2) is 15.1 Å². The summed E-state index contributed by atoms with van der Waals surface area (Å²) in [5.41, 5.74) is 8.80. The van der Waals surface area contributed by atoms with Gasteiger partial charge in [-0.25, -0.2) is 0 Å². The number of rotatable bonds is 4. The van der Waals surface area contributed by atoms with Gasteiger partial charge in [-0.05, 0) is 77.3 Å². The fourth-order valence-corrected chi connectivity index (χ4v) is 5.29. The first-order valence-corrected chi connectivity index (χ1v) is 11.1. The number of fused-ring (bicyclic) bond motifs is 1. The Morgan fingerprint density at radius 2 is 1.57 bits per heavy atom. The summed E-state index contributed by atoms with van der Waals surface area (Å²) in [5.74, 6) is 0.626. The van der Waals surface area contributed by atoms with E-state index in [9.17, 15) is 0 Å². The van der Waals surface area contributed by atoms with E-state index in [4.69, 9.17) is 9.51 Å². The van der Waals surface area contributed by atoms with Crippen molar-refractivity contribution in [1.82, 2.24) is 15.1 Å². The van der Waals surface area contributed by atoms with E-state index in [0.29, 0.717) is 12.3 Å². The van der Waals surface area contributed by atoms with Crippen LogP contribution >= 0.6 is 0 Å². The first-order valence-electron chi connectivity index (χ1n) is 11.1. The lowest BCUT2D eigenvalue weighted by Gasteiger charge is -2.43. The summed E-state index contributed by atoms with van der Waals surface area (Å²) in [7, 11) is 0. The minimum Gasteiger partial charge on any atom is -0.339 e. The minimum absolute atomic E-state index is 0.0692. The molecule has 1 fully saturated rings. The lowest BCUT2D eigenvalue weighted by molar-refractivity contribution is 0.331. The Bertz CT molecular complexity index is 1070. The molecule has 156 valence electrons. The Balaban J connectivity index is 1.52. The predicted octanol–water partition coefficient (Wildman–Crippen LogP) is 5.79. The Morgan fingerprint density at radius 1 is 0.867 bits per heavy atom. The van der Waals surface area contributed by atoms with Crippen LogP contribution in [0.25, 0.3) is 0 Å². The quantitative estimate of drug-likeness (QED) is 0.555. The zero-order valence-electron chi connectivity index (χ0n) is 18.7. The Hall–Kier alpha value is -2.49. The molecule has 1 aromatic carbocycles. The van der Waals surface area contributed by atoms with Gasteiger partial charge in [0.15, 0.2) is 6.33 Å². The molecule has 5 rings (SSSR count). The normalized spacial score (nSPS) is 20.6. The summed E-state index contributed by atoms with van der Waals surface area (Å²) < 4.78 is 5.13. The molecule has 30 heavy (non-hydrogen) atoms. The van der Waals surface area contributed by atoms with Gasteiger partial charge in [-0.1, -0.05) is 51.1 Å². The van der Waals surface area contributed by atoms with Crippen molar-refractivity contribution < 1.29 is 4.52 Å². The monoisotopic (exact) mass is 401 g/mol. The Labute approximate surface area is 179 Å². The van der Waals surface area contributed by atoms with Gasteiger partial charge in [0.25, 0.3) is 0 Å². The summed E-state index contributed by atoms with van der Waals surface area (Å²) in [6.07, 6.45) is 8.88. The molecule has 0 bridgehead atoms. The Morgan fingerprint density at radius 3 is 2.13 bits per heavy atom. The lowest BCUT2D eigenvalue weighted by atomic mass is 9.62. The summed E-state index contributed by atoms with van der Waals surface area (Å²) in [4.78, 5) is 9.01. The van der Waals surface area contributed by atoms with Gasteiger partial charge in [0.05, 0.1) is 12.1 Å². The summed E-state index contributed by atoms with van der Waals surface area (Å²) in [5, 5.41) is 3.68. The maximum Gasteiger partial charge on any atom is 0.230 e. The highest BCUT2D eigenvalue weighted by atomic mass is 16.5. The minimum atomic E-state index is 0.0692. The first-order chi connectivity index (χ1) is 14.2. The standard InChI is InChI=1S/C26H31N3O/c1-17-12-20-21(25(4,5)9-8-24(20,2)3)14-19(17)26(10-11-26)22-7-6-18(15-27-22)13-23-28-16-29-30-23/h6-7,12,14-16H,8-11,13H2,1-5H3. The molecular weight excluding hydrogens is 370 g/mol. The van der Waals surface area contributed by atoms with E-state index in [2.05, 4.69) is 69.0 Å². The summed E-state index contributed by atoms with van der Waals surface area (Å²) in [6.45, 7) is 11.9. The third kappa shape index (κ3) is 3.08. The van der Waals surface area contributed by atoms with Gasteiger partial charge >= 0.3 is 0 Å². The van der Waals surface area contributed by atoms with Gasteiger partial charge in [0, 0.05) is 11.6 Å². The fraction of sp³-hybridized carbons (Fsp3) is 0.500. The molecule has 2 heterocycles. The van der Waals surface area contributed by atoms with E-state index in [1.807, 2.05) is 6.20 Å². The van der Waals surface area contributed by atoms with Gasteiger partial charge < -0.3 is 4.52 Å². The highest BCUT2D eigenvalue weighted by Gasteiger charge is 2.49. The zero-order chi connectivity index (χ0) is 21.1. The second-order valence-electron chi connectivity index (χ2n) is 10.6. The van der Waals surface area contributed by atoms with Crippen molar-refractivity contribution in [2.24, 2.45) is 0 Å². The molecule has 4 heteroatoms. The number of benzene rings is 1. The van der Waals surface area contributed by atoms with Crippen LogP contribution < -0.4 is 0 Å². The van der Waals surface area contributed by atoms with Crippen LogP contribution in [-0.2, 0) is 22.7 Å². The number of aromatic nitrogens is 3. The van der Waals surface area contributed by atoms with Crippen LogP contribution in [0.5, 0.6) is 0 Å². The van der Waals surface area contributed by atoms with E-state index in [1.54, 1.807) is 11.1 Å². The number of aryl methyl sites for hydroxylation is 1. The van der Waals surface area contributed by atoms with Crippen LogP contribution in [0.1, 0.15) is 92.8 Å². The van der Waals surface area contributed by atoms with Crippen molar-refractivity contribution in [3.05, 3.63) is 76.2 Å². The Kier molecular flexibility index (Phi) is 4.22. The lowest BCUT2D eigenvalue weighted by Crippen LogP contribution is -2.34. The van der Waals surface area contributed by atoms with Crippen molar-refractivity contribution in [3.8, 4) is 0 Å². The van der Waals surface area contributed by atoms with Gasteiger partial charge in [-0.2, -0.15) is 4.98 Å². The summed E-state index contributed by atoms with van der Waals surface area (Å²) in [6, 6.07) is 9.38.